The van der Waals surface area contributed by atoms with Crippen molar-refractivity contribution >= 4 is 17.2 Å². The van der Waals surface area contributed by atoms with Gasteiger partial charge in [-0.15, -0.1) is 5.10 Å². The Morgan fingerprint density at radius 1 is 1.10 bits per heavy atom. The number of rotatable bonds is 2. The van der Waals surface area contributed by atoms with E-state index in [0.29, 0.717) is 6.54 Å². The molecule has 5 nitrogen and oxygen atoms in total. The molecule has 5 heteroatoms. The largest absolute Gasteiger partial charge is 0.371 e. The molecule has 1 aromatic heterocycles. The molecule has 110 valence electrons. The molecule has 3 rings (SSSR count). The number of nitrogens with zero attached hydrogens (tertiary/aromatic N) is 4. The van der Waals surface area contributed by atoms with Crippen LogP contribution in [-0.2, 0) is 6.54 Å². The highest BCUT2D eigenvalue weighted by Gasteiger charge is 2.24. The average molecular weight is 283 g/mol. The second kappa shape index (κ2) is 5.33. The molecular weight excluding hydrogens is 262 g/mol. The Hall–Kier alpha value is -2.14. The van der Waals surface area contributed by atoms with Crippen molar-refractivity contribution in [3.05, 3.63) is 41.1 Å². The van der Waals surface area contributed by atoms with Gasteiger partial charge in [-0.2, -0.15) is 5.10 Å². The lowest BCUT2D eigenvalue weighted by Crippen LogP contribution is -2.37. The molecule has 0 atom stereocenters. The highest BCUT2D eigenvalue weighted by molar-refractivity contribution is 5.79. The summed E-state index contributed by atoms with van der Waals surface area (Å²) in [5, 5.41) is 8.73. The van der Waals surface area contributed by atoms with Crippen LogP contribution in [0.4, 0.5) is 17.2 Å². The fourth-order valence-corrected chi connectivity index (χ4v) is 2.83. The number of aromatic nitrogens is 2. The van der Waals surface area contributed by atoms with Crippen molar-refractivity contribution in [2.45, 2.75) is 20.4 Å². The molecule has 0 bridgehead atoms. The van der Waals surface area contributed by atoms with Crippen LogP contribution in [0.2, 0.25) is 0 Å². The number of hydrogen-bond donors (Lipinski definition) is 1. The zero-order valence-corrected chi connectivity index (χ0v) is 12.8. The molecule has 0 fully saturated rings. The molecule has 1 aliphatic rings. The Kier molecular flexibility index (Phi) is 3.51. The van der Waals surface area contributed by atoms with E-state index in [-0.39, 0.29) is 0 Å². The Morgan fingerprint density at radius 3 is 2.52 bits per heavy atom. The van der Waals surface area contributed by atoms with E-state index in [4.69, 9.17) is 5.73 Å². The van der Waals surface area contributed by atoms with Crippen molar-refractivity contribution in [3.63, 3.8) is 0 Å². The summed E-state index contributed by atoms with van der Waals surface area (Å²) in [7, 11) is 2.12. The number of para-hydroxylation sites is 2. The van der Waals surface area contributed by atoms with E-state index in [1.54, 1.807) is 0 Å². The van der Waals surface area contributed by atoms with Crippen LogP contribution in [0, 0.1) is 13.8 Å². The number of likely N-dealkylation sites (N-methyl/N-ethyl adjacent to an activating group) is 1. The van der Waals surface area contributed by atoms with Crippen LogP contribution >= 0.6 is 0 Å². The number of anilines is 3. The van der Waals surface area contributed by atoms with Gasteiger partial charge in [-0.25, -0.2) is 0 Å². The third kappa shape index (κ3) is 2.23. The van der Waals surface area contributed by atoms with E-state index >= 15 is 0 Å². The van der Waals surface area contributed by atoms with E-state index in [1.807, 2.05) is 6.92 Å². The molecule has 1 aromatic carbocycles. The van der Waals surface area contributed by atoms with Crippen molar-refractivity contribution in [1.29, 1.82) is 0 Å². The second-order valence-corrected chi connectivity index (χ2v) is 5.48. The van der Waals surface area contributed by atoms with Gasteiger partial charge in [0, 0.05) is 32.2 Å². The normalized spacial score (nSPS) is 14.3. The average Bonchev–Trinajstić information content (AvgIpc) is 2.51. The maximum atomic E-state index is 5.97. The van der Waals surface area contributed by atoms with Gasteiger partial charge >= 0.3 is 0 Å². The molecule has 1 aliphatic heterocycles. The Balaban J connectivity index is 2.14. The fraction of sp³-hybridized carbons (Fsp3) is 0.375. The lowest BCUT2D eigenvalue weighted by atomic mass is 10.1. The molecule has 2 N–H and O–H groups in total. The first kappa shape index (κ1) is 13.8. The van der Waals surface area contributed by atoms with Gasteiger partial charge < -0.3 is 15.5 Å². The van der Waals surface area contributed by atoms with E-state index in [0.717, 1.165) is 35.7 Å². The Bertz CT molecular complexity index is 668. The van der Waals surface area contributed by atoms with Crippen molar-refractivity contribution in [3.8, 4) is 0 Å². The maximum absolute atomic E-state index is 5.97. The number of benzene rings is 1. The summed E-state index contributed by atoms with van der Waals surface area (Å²) in [5.74, 6) is 0.890. The van der Waals surface area contributed by atoms with Gasteiger partial charge in [-0.1, -0.05) is 12.1 Å². The van der Waals surface area contributed by atoms with E-state index in [1.165, 1.54) is 11.4 Å². The van der Waals surface area contributed by atoms with Crippen LogP contribution in [0.3, 0.4) is 0 Å². The monoisotopic (exact) mass is 283 g/mol. The minimum Gasteiger partial charge on any atom is -0.371 e. The quantitative estimate of drug-likeness (QED) is 0.915. The molecule has 0 amide bonds. The van der Waals surface area contributed by atoms with Gasteiger partial charge in [0.2, 0.25) is 0 Å². The number of nitrogens with two attached hydrogens (primary N) is 1. The molecular formula is C16H21N5. The van der Waals surface area contributed by atoms with Crippen molar-refractivity contribution in [2.24, 2.45) is 5.73 Å². The molecule has 0 spiro atoms. The van der Waals surface area contributed by atoms with Gasteiger partial charge in [0.05, 0.1) is 17.1 Å². The molecule has 0 saturated carbocycles. The molecule has 0 aliphatic carbocycles. The SMILES string of the molecule is Cc1nnc(N2CCN(C)c3ccccc32)c(CN)c1C. The van der Waals surface area contributed by atoms with Crippen LogP contribution < -0.4 is 15.5 Å². The zero-order chi connectivity index (χ0) is 15.0. The molecule has 21 heavy (non-hydrogen) atoms. The summed E-state index contributed by atoms with van der Waals surface area (Å²) in [4.78, 5) is 4.50. The highest BCUT2D eigenvalue weighted by atomic mass is 15.3. The standard InChI is InChI=1S/C16H21N5/c1-11-12(2)18-19-16(13(11)10-17)21-9-8-20(3)14-6-4-5-7-15(14)21/h4-7H,8-10,17H2,1-3H3. The number of aryl methyl sites for hydroxylation is 1. The third-order valence-electron chi connectivity index (χ3n) is 4.26. The Labute approximate surface area is 125 Å². The fourth-order valence-electron chi connectivity index (χ4n) is 2.83. The predicted octanol–water partition coefficient (Wildman–Crippen LogP) is 2.14. The smallest absolute Gasteiger partial charge is 0.160 e. The van der Waals surface area contributed by atoms with Gasteiger partial charge in [-0.3, -0.25) is 0 Å². The summed E-state index contributed by atoms with van der Waals surface area (Å²) in [6.07, 6.45) is 0. The predicted molar refractivity (Wildman–Crippen MR) is 86.1 cm³/mol. The van der Waals surface area contributed by atoms with Gasteiger partial charge in [0.25, 0.3) is 0 Å². The van der Waals surface area contributed by atoms with Gasteiger partial charge in [0.15, 0.2) is 5.82 Å². The van der Waals surface area contributed by atoms with Crippen LogP contribution in [-0.4, -0.2) is 30.3 Å². The van der Waals surface area contributed by atoms with E-state index < -0.39 is 0 Å². The van der Waals surface area contributed by atoms with Crippen molar-refractivity contribution < 1.29 is 0 Å². The lowest BCUT2D eigenvalue weighted by molar-refractivity contribution is 0.787. The molecule has 0 saturated heterocycles. The molecule has 2 heterocycles. The first-order valence-electron chi connectivity index (χ1n) is 7.24. The first-order valence-corrected chi connectivity index (χ1v) is 7.24. The number of fused-ring (bicyclic) bond motifs is 1. The second-order valence-electron chi connectivity index (χ2n) is 5.48. The molecule has 0 unspecified atom stereocenters. The van der Waals surface area contributed by atoms with Crippen LogP contribution in [0.5, 0.6) is 0 Å². The van der Waals surface area contributed by atoms with E-state index in [2.05, 4.69) is 58.2 Å². The third-order valence-corrected chi connectivity index (χ3v) is 4.26. The van der Waals surface area contributed by atoms with Gasteiger partial charge in [-0.05, 0) is 31.5 Å². The number of hydrogen-bond acceptors (Lipinski definition) is 5. The summed E-state index contributed by atoms with van der Waals surface area (Å²) in [6.45, 7) is 6.36. The topological polar surface area (TPSA) is 58.3 Å². The van der Waals surface area contributed by atoms with Crippen molar-refractivity contribution in [2.75, 3.05) is 29.9 Å². The summed E-state index contributed by atoms with van der Waals surface area (Å²) in [6, 6.07) is 8.39. The van der Waals surface area contributed by atoms with E-state index in [9.17, 15) is 0 Å². The van der Waals surface area contributed by atoms with Crippen LogP contribution in [0.25, 0.3) is 0 Å². The molecule has 2 aromatic rings. The highest BCUT2D eigenvalue weighted by Crippen LogP contribution is 2.37. The molecule has 0 radical (unpaired) electrons. The van der Waals surface area contributed by atoms with Crippen molar-refractivity contribution in [1.82, 2.24) is 10.2 Å². The summed E-state index contributed by atoms with van der Waals surface area (Å²) < 4.78 is 0. The Morgan fingerprint density at radius 2 is 1.81 bits per heavy atom. The zero-order valence-electron chi connectivity index (χ0n) is 12.8. The van der Waals surface area contributed by atoms with Crippen LogP contribution in [0.1, 0.15) is 16.8 Å². The summed E-state index contributed by atoms with van der Waals surface area (Å²) in [5.41, 5.74) is 11.5. The van der Waals surface area contributed by atoms with Crippen LogP contribution in [0.15, 0.2) is 24.3 Å². The maximum Gasteiger partial charge on any atom is 0.160 e. The minimum atomic E-state index is 0.478. The first-order chi connectivity index (χ1) is 10.1. The lowest BCUT2D eigenvalue weighted by Gasteiger charge is -2.37. The van der Waals surface area contributed by atoms with Gasteiger partial charge in [0.1, 0.15) is 0 Å². The summed E-state index contributed by atoms with van der Waals surface area (Å²) >= 11 is 0. The minimum absolute atomic E-state index is 0.478.